The Balaban J connectivity index is 2.03. The molecule has 1 heterocycles. The number of nitrogens with two attached hydrogens (primary N) is 1. The molecule has 0 saturated heterocycles. The molecule has 0 saturated carbocycles. The highest BCUT2D eigenvalue weighted by Crippen LogP contribution is 2.32. The lowest BCUT2D eigenvalue weighted by Crippen LogP contribution is -2.11. The summed E-state index contributed by atoms with van der Waals surface area (Å²) in [4.78, 5) is 12.0. The van der Waals surface area contributed by atoms with E-state index < -0.39 is 17.6 Å². The number of esters is 1. The Hall–Kier alpha value is -3.57. The van der Waals surface area contributed by atoms with Gasteiger partial charge in [-0.15, -0.1) is 0 Å². The predicted octanol–water partition coefficient (Wildman–Crippen LogP) is 4.44. The second-order valence-corrected chi connectivity index (χ2v) is 5.95. The molecule has 3 aromatic rings. The number of carbonyl (C=O) groups is 1. The number of benzene rings is 2. The van der Waals surface area contributed by atoms with E-state index >= 15 is 0 Å². The van der Waals surface area contributed by atoms with Crippen molar-refractivity contribution in [3.63, 3.8) is 0 Å². The normalized spacial score (nSPS) is 10.4. The van der Waals surface area contributed by atoms with Gasteiger partial charge in [-0.3, -0.25) is 0 Å². The number of carbonyl (C=O) groups excluding carboxylic acids is 1. The number of hydrogen-bond acceptors (Lipinski definition) is 5. The van der Waals surface area contributed by atoms with Crippen LogP contribution in [-0.2, 0) is 4.74 Å². The van der Waals surface area contributed by atoms with Gasteiger partial charge in [-0.2, -0.15) is 5.26 Å². The number of nitrogen functional groups attached to an aromatic ring is 1. The first kappa shape index (κ1) is 19.2. The van der Waals surface area contributed by atoms with E-state index in [1.54, 1.807) is 0 Å². The lowest BCUT2D eigenvalue weighted by atomic mass is 10.2. The summed E-state index contributed by atoms with van der Waals surface area (Å²) in [5.41, 5.74) is 5.82. The minimum absolute atomic E-state index is 0.0298. The summed E-state index contributed by atoms with van der Waals surface area (Å²) >= 11 is 5.68. The Morgan fingerprint density at radius 2 is 2.00 bits per heavy atom. The molecule has 0 spiro atoms. The maximum atomic E-state index is 14.6. The van der Waals surface area contributed by atoms with Crippen molar-refractivity contribution in [2.24, 2.45) is 0 Å². The van der Waals surface area contributed by atoms with E-state index in [1.807, 2.05) is 6.07 Å². The molecule has 9 heteroatoms. The van der Waals surface area contributed by atoms with Crippen LogP contribution in [0.4, 0.5) is 14.5 Å². The third kappa shape index (κ3) is 3.35. The van der Waals surface area contributed by atoms with Gasteiger partial charge in [-0.25, -0.2) is 13.6 Å². The Kier molecular flexibility index (Phi) is 5.20. The Labute approximate surface area is 163 Å². The molecule has 28 heavy (non-hydrogen) atoms. The van der Waals surface area contributed by atoms with Gasteiger partial charge >= 0.3 is 5.97 Å². The average Bonchev–Trinajstić information content (AvgIpc) is 3.02. The van der Waals surface area contributed by atoms with E-state index in [1.165, 1.54) is 41.1 Å². The quantitative estimate of drug-likeness (QED) is 0.650. The number of hydrogen-bond donors (Lipinski definition) is 1. The number of halogens is 3. The van der Waals surface area contributed by atoms with E-state index in [9.17, 15) is 13.6 Å². The highest BCUT2D eigenvalue weighted by Gasteiger charge is 2.22. The molecule has 1 aromatic heterocycles. The lowest BCUT2D eigenvalue weighted by Gasteiger charge is -2.12. The monoisotopic (exact) mass is 403 g/mol. The average molecular weight is 404 g/mol. The number of rotatable bonds is 4. The zero-order chi connectivity index (χ0) is 20.4. The van der Waals surface area contributed by atoms with Crippen molar-refractivity contribution in [2.45, 2.75) is 0 Å². The maximum absolute atomic E-state index is 14.6. The predicted molar refractivity (Wildman–Crippen MR) is 97.7 cm³/mol. The van der Waals surface area contributed by atoms with Gasteiger partial charge in [0.05, 0.1) is 23.4 Å². The van der Waals surface area contributed by atoms with Crippen molar-refractivity contribution in [2.75, 3.05) is 12.8 Å². The molecule has 142 valence electrons. The summed E-state index contributed by atoms with van der Waals surface area (Å²) in [6.07, 6.45) is 1.29. The summed E-state index contributed by atoms with van der Waals surface area (Å²) in [6.45, 7) is 0. The summed E-state index contributed by atoms with van der Waals surface area (Å²) in [5.74, 6) is -2.95. The Morgan fingerprint density at radius 1 is 1.25 bits per heavy atom. The number of methoxy groups -OCH3 is 1. The van der Waals surface area contributed by atoms with E-state index in [2.05, 4.69) is 4.74 Å². The van der Waals surface area contributed by atoms with Crippen molar-refractivity contribution >= 4 is 23.3 Å². The van der Waals surface area contributed by atoms with Crippen LogP contribution in [-0.4, -0.2) is 17.6 Å². The standard InChI is InChI=1S/C19H12ClF2N3O3/c1-27-19(26)18-17(24)10(8-23)9-25(18)11-5-6-14(13(21)7-11)28-15-4-2-3-12(20)16(15)22/h2-7,9H,24H2,1H3. The number of ether oxygens (including phenoxy) is 2. The molecular formula is C19H12ClF2N3O3. The molecular weight excluding hydrogens is 392 g/mol. The first-order chi connectivity index (χ1) is 13.4. The number of anilines is 1. The van der Waals surface area contributed by atoms with Gasteiger partial charge in [-0.1, -0.05) is 17.7 Å². The topological polar surface area (TPSA) is 90.3 Å². The lowest BCUT2D eigenvalue weighted by molar-refractivity contribution is 0.0593. The van der Waals surface area contributed by atoms with Crippen molar-refractivity contribution in [3.05, 3.63) is 70.5 Å². The van der Waals surface area contributed by atoms with Crippen LogP contribution in [0.15, 0.2) is 42.6 Å². The molecule has 0 radical (unpaired) electrons. The summed E-state index contributed by atoms with van der Waals surface area (Å²) in [6, 6.07) is 9.65. The minimum Gasteiger partial charge on any atom is -0.464 e. The zero-order valence-corrected chi connectivity index (χ0v) is 15.1. The number of nitrogens with zero attached hydrogens (tertiary/aromatic N) is 2. The Morgan fingerprint density at radius 3 is 2.64 bits per heavy atom. The summed E-state index contributed by atoms with van der Waals surface area (Å²) in [5, 5.41) is 8.97. The van der Waals surface area contributed by atoms with Crippen molar-refractivity contribution in [1.29, 1.82) is 5.26 Å². The van der Waals surface area contributed by atoms with Gasteiger partial charge in [-0.05, 0) is 24.3 Å². The SMILES string of the molecule is COC(=O)c1c(N)c(C#N)cn1-c1ccc(Oc2cccc(Cl)c2F)c(F)c1. The van der Waals surface area contributed by atoms with Gasteiger partial charge in [0.15, 0.2) is 28.8 Å². The molecule has 0 bridgehead atoms. The van der Waals surface area contributed by atoms with Crippen molar-refractivity contribution in [3.8, 4) is 23.3 Å². The smallest absolute Gasteiger partial charge is 0.357 e. The van der Waals surface area contributed by atoms with Crippen LogP contribution >= 0.6 is 11.6 Å². The molecule has 0 aliphatic rings. The highest BCUT2D eigenvalue weighted by molar-refractivity contribution is 6.30. The maximum Gasteiger partial charge on any atom is 0.357 e. The van der Waals surface area contributed by atoms with Crippen LogP contribution < -0.4 is 10.5 Å². The van der Waals surface area contributed by atoms with E-state index in [4.69, 9.17) is 27.3 Å². The van der Waals surface area contributed by atoms with E-state index in [-0.39, 0.29) is 39.2 Å². The molecule has 2 aromatic carbocycles. The molecule has 3 rings (SSSR count). The first-order valence-corrected chi connectivity index (χ1v) is 8.16. The van der Waals surface area contributed by atoms with E-state index in [0.29, 0.717) is 0 Å². The third-order valence-electron chi connectivity index (χ3n) is 3.87. The summed E-state index contributed by atoms with van der Waals surface area (Å²) in [7, 11) is 1.15. The fourth-order valence-corrected chi connectivity index (χ4v) is 2.69. The van der Waals surface area contributed by atoms with Crippen molar-refractivity contribution in [1.82, 2.24) is 4.57 Å². The fourth-order valence-electron chi connectivity index (χ4n) is 2.52. The van der Waals surface area contributed by atoms with Gasteiger partial charge in [0.2, 0.25) is 0 Å². The van der Waals surface area contributed by atoms with Crippen molar-refractivity contribution < 1.29 is 23.0 Å². The second-order valence-electron chi connectivity index (χ2n) is 5.55. The molecule has 0 fully saturated rings. The number of aromatic nitrogens is 1. The summed E-state index contributed by atoms with van der Waals surface area (Å²) < 4.78 is 39.7. The van der Waals surface area contributed by atoms with Gasteiger partial charge in [0.1, 0.15) is 6.07 Å². The van der Waals surface area contributed by atoms with Crippen LogP contribution in [0.25, 0.3) is 5.69 Å². The zero-order valence-electron chi connectivity index (χ0n) is 14.4. The number of nitriles is 1. The van der Waals surface area contributed by atoms with E-state index in [0.717, 1.165) is 13.2 Å². The molecule has 0 amide bonds. The van der Waals surface area contributed by atoms with Crippen LogP contribution in [0.5, 0.6) is 11.5 Å². The van der Waals surface area contributed by atoms with Crippen LogP contribution in [0, 0.1) is 23.0 Å². The molecule has 2 N–H and O–H groups in total. The van der Waals surface area contributed by atoms with Crippen LogP contribution in [0.1, 0.15) is 16.1 Å². The first-order valence-electron chi connectivity index (χ1n) is 7.78. The molecule has 6 nitrogen and oxygen atoms in total. The highest BCUT2D eigenvalue weighted by atomic mass is 35.5. The molecule has 0 atom stereocenters. The van der Waals surface area contributed by atoms with Gasteiger partial charge in [0, 0.05) is 18.0 Å². The largest absolute Gasteiger partial charge is 0.464 e. The third-order valence-corrected chi connectivity index (χ3v) is 4.17. The molecule has 0 aliphatic heterocycles. The molecule has 0 aliphatic carbocycles. The molecule has 0 unspecified atom stereocenters. The fraction of sp³-hybridized carbons (Fsp3) is 0.0526. The van der Waals surface area contributed by atoms with Gasteiger partial charge < -0.3 is 19.8 Å². The van der Waals surface area contributed by atoms with Crippen LogP contribution in [0.2, 0.25) is 5.02 Å². The minimum atomic E-state index is -0.835. The van der Waals surface area contributed by atoms with Crippen LogP contribution in [0.3, 0.4) is 0 Å². The van der Waals surface area contributed by atoms with Gasteiger partial charge in [0.25, 0.3) is 0 Å². The second kappa shape index (κ2) is 7.58. The Bertz CT molecular complexity index is 1120.